The Bertz CT molecular complexity index is 398. The van der Waals surface area contributed by atoms with Gasteiger partial charge < -0.3 is 19.4 Å². The number of amides is 1. The summed E-state index contributed by atoms with van der Waals surface area (Å²) in [4.78, 5) is 23.8. The lowest BCUT2D eigenvalue weighted by Crippen LogP contribution is -2.32. The van der Waals surface area contributed by atoms with Gasteiger partial charge in [0, 0.05) is 14.1 Å². The van der Waals surface area contributed by atoms with Crippen LogP contribution in [0.1, 0.15) is 16.3 Å². The van der Waals surface area contributed by atoms with Crippen molar-refractivity contribution in [1.29, 1.82) is 0 Å². The summed E-state index contributed by atoms with van der Waals surface area (Å²) in [6, 6.07) is 3.20. The SMILES string of the molecule is COC(=O)c1ccc(CNCC(=O)N(C)C)o1. The zero-order valence-electron chi connectivity index (χ0n) is 10.1. The van der Waals surface area contributed by atoms with Crippen LogP contribution in [-0.4, -0.2) is 44.5 Å². The maximum atomic E-state index is 11.3. The molecule has 1 amide bonds. The molecule has 0 atom stereocenters. The van der Waals surface area contributed by atoms with Crippen molar-refractivity contribution in [2.24, 2.45) is 0 Å². The number of ether oxygens (including phenoxy) is 1. The molecule has 0 aliphatic carbocycles. The minimum Gasteiger partial charge on any atom is -0.463 e. The van der Waals surface area contributed by atoms with Gasteiger partial charge in [-0.15, -0.1) is 0 Å². The van der Waals surface area contributed by atoms with Crippen LogP contribution in [0.15, 0.2) is 16.5 Å². The second-order valence-electron chi connectivity index (χ2n) is 3.65. The number of rotatable bonds is 5. The third-order valence-corrected chi connectivity index (χ3v) is 2.12. The van der Waals surface area contributed by atoms with Crippen LogP contribution in [0, 0.1) is 0 Å². The second kappa shape index (κ2) is 6.05. The van der Waals surface area contributed by atoms with Crippen LogP contribution in [0.3, 0.4) is 0 Å². The largest absolute Gasteiger partial charge is 0.463 e. The first-order valence-electron chi connectivity index (χ1n) is 5.12. The quantitative estimate of drug-likeness (QED) is 0.747. The highest BCUT2D eigenvalue weighted by molar-refractivity contribution is 5.86. The monoisotopic (exact) mass is 240 g/mol. The van der Waals surface area contributed by atoms with Crippen molar-refractivity contribution in [3.63, 3.8) is 0 Å². The molecule has 0 unspecified atom stereocenters. The van der Waals surface area contributed by atoms with E-state index in [1.165, 1.54) is 18.1 Å². The number of hydrogen-bond acceptors (Lipinski definition) is 5. The first kappa shape index (κ1) is 13.2. The molecule has 0 aliphatic heterocycles. The third-order valence-electron chi connectivity index (χ3n) is 2.12. The summed E-state index contributed by atoms with van der Waals surface area (Å²) in [7, 11) is 4.66. The van der Waals surface area contributed by atoms with Gasteiger partial charge >= 0.3 is 5.97 Å². The fourth-order valence-corrected chi connectivity index (χ4v) is 1.13. The predicted octanol–water partition coefficient (Wildman–Crippen LogP) is 0.244. The Hall–Kier alpha value is -1.82. The maximum Gasteiger partial charge on any atom is 0.373 e. The van der Waals surface area contributed by atoms with Crippen LogP contribution >= 0.6 is 0 Å². The lowest BCUT2D eigenvalue weighted by molar-refractivity contribution is -0.127. The van der Waals surface area contributed by atoms with E-state index in [1.807, 2.05) is 0 Å². The normalized spacial score (nSPS) is 10.1. The predicted molar refractivity (Wildman–Crippen MR) is 60.4 cm³/mol. The number of nitrogens with zero attached hydrogens (tertiary/aromatic N) is 1. The molecule has 0 radical (unpaired) electrons. The summed E-state index contributed by atoms with van der Waals surface area (Å²) in [5.74, 6) is 0.200. The van der Waals surface area contributed by atoms with Crippen molar-refractivity contribution >= 4 is 11.9 Å². The van der Waals surface area contributed by atoms with E-state index in [9.17, 15) is 9.59 Å². The standard InChI is InChI=1S/C11H16N2O4/c1-13(2)10(14)7-12-6-8-4-5-9(17-8)11(15)16-3/h4-5,12H,6-7H2,1-3H3. The van der Waals surface area contributed by atoms with E-state index in [1.54, 1.807) is 20.2 Å². The molecule has 1 aromatic rings. The van der Waals surface area contributed by atoms with Crippen LogP contribution in [-0.2, 0) is 16.1 Å². The fourth-order valence-electron chi connectivity index (χ4n) is 1.13. The van der Waals surface area contributed by atoms with Gasteiger partial charge in [0.2, 0.25) is 11.7 Å². The molecule has 0 aliphatic rings. The number of esters is 1. The number of furan rings is 1. The summed E-state index contributed by atoms with van der Waals surface area (Å²) in [6.45, 7) is 0.609. The topological polar surface area (TPSA) is 71.8 Å². The van der Waals surface area contributed by atoms with Crippen LogP contribution < -0.4 is 5.32 Å². The maximum absolute atomic E-state index is 11.3. The second-order valence-corrected chi connectivity index (χ2v) is 3.65. The van der Waals surface area contributed by atoms with E-state index >= 15 is 0 Å². The highest BCUT2D eigenvalue weighted by Gasteiger charge is 2.11. The van der Waals surface area contributed by atoms with E-state index in [4.69, 9.17) is 4.42 Å². The molecular weight excluding hydrogens is 224 g/mol. The van der Waals surface area contributed by atoms with Gasteiger partial charge in [-0.3, -0.25) is 4.79 Å². The van der Waals surface area contributed by atoms with Crippen molar-refractivity contribution in [3.8, 4) is 0 Å². The van der Waals surface area contributed by atoms with Gasteiger partial charge in [0.15, 0.2) is 0 Å². The van der Waals surface area contributed by atoms with E-state index in [-0.39, 0.29) is 18.2 Å². The molecule has 0 saturated heterocycles. The van der Waals surface area contributed by atoms with Gasteiger partial charge in [0.1, 0.15) is 5.76 Å². The van der Waals surface area contributed by atoms with Crippen LogP contribution in [0.25, 0.3) is 0 Å². The van der Waals surface area contributed by atoms with Crippen molar-refractivity contribution in [2.45, 2.75) is 6.54 Å². The van der Waals surface area contributed by atoms with Crippen molar-refractivity contribution in [2.75, 3.05) is 27.7 Å². The number of methoxy groups -OCH3 is 1. The number of likely N-dealkylation sites (N-methyl/N-ethyl adjacent to an activating group) is 1. The molecule has 94 valence electrons. The number of carbonyl (C=O) groups is 2. The Kier molecular flexibility index (Phi) is 4.71. The Morgan fingerprint density at radius 2 is 2.12 bits per heavy atom. The van der Waals surface area contributed by atoms with Gasteiger partial charge in [-0.2, -0.15) is 0 Å². The molecule has 1 aromatic heterocycles. The van der Waals surface area contributed by atoms with E-state index < -0.39 is 5.97 Å². The minimum atomic E-state index is -0.513. The van der Waals surface area contributed by atoms with Gasteiger partial charge in [0.25, 0.3) is 0 Å². The van der Waals surface area contributed by atoms with Crippen molar-refractivity contribution in [3.05, 3.63) is 23.7 Å². The summed E-state index contributed by atoms with van der Waals surface area (Å²) in [5, 5.41) is 2.92. The van der Waals surface area contributed by atoms with Gasteiger partial charge in [0.05, 0.1) is 20.2 Å². The molecule has 0 fully saturated rings. The van der Waals surface area contributed by atoms with E-state index in [0.29, 0.717) is 12.3 Å². The lowest BCUT2D eigenvalue weighted by atomic mass is 10.4. The Labute approximate surface area is 99.5 Å². The van der Waals surface area contributed by atoms with Crippen LogP contribution in [0.4, 0.5) is 0 Å². The number of hydrogen-bond donors (Lipinski definition) is 1. The fraction of sp³-hybridized carbons (Fsp3) is 0.455. The molecular formula is C11H16N2O4. The van der Waals surface area contributed by atoms with Crippen LogP contribution in [0.5, 0.6) is 0 Å². The van der Waals surface area contributed by atoms with Gasteiger partial charge in [-0.1, -0.05) is 0 Å². The molecule has 0 aromatic carbocycles. The first-order valence-corrected chi connectivity index (χ1v) is 5.12. The third kappa shape index (κ3) is 3.92. The smallest absolute Gasteiger partial charge is 0.373 e. The van der Waals surface area contributed by atoms with Crippen LogP contribution in [0.2, 0.25) is 0 Å². The summed E-state index contributed by atoms with van der Waals surface area (Å²) in [5.41, 5.74) is 0. The van der Waals surface area contributed by atoms with E-state index in [0.717, 1.165) is 0 Å². The lowest BCUT2D eigenvalue weighted by Gasteiger charge is -2.09. The summed E-state index contributed by atoms with van der Waals surface area (Å²) >= 11 is 0. The van der Waals surface area contributed by atoms with Crippen molar-refractivity contribution < 1.29 is 18.7 Å². The molecule has 0 saturated carbocycles. The highest BCUT2D eigenvalue weighted by Crippen LogP contribution is 2.08. The first-order chi connectivity index (χ1) is 8.04. The average Bonchev–Trinajstić information content (AvgIpc) is 2.76. The molecule has 0 bridgehead atoms. The van der Waals surface area contributed by atoms with E-state index in [2.05, 4.69) is 10.1 Å². The summed E-state index contributed by atoms with van der Waals surface area (Å²) in [6.07, 6.45) is 0. The molecule has 1 rings (SSSR count). The average molecular weight is 240 g/mol. The van der Waals surface area contributed by atoms with Gasteiger partial charge in [-0.05, 0) is 12.1 Å². The zero-order chi connectivity index (χ0) is 12.8. The minimum absolute atomic E-state index is 0.0234. The number of nitrogens with one attached hydrogen (secondary N) is 1. The number of carbonyl (C=O) groups excluding carboxylic acids is 2. The molecule has 1 N–H and O–H groups in total. The Morgan fingerprint density at radius 3 is 2.71 bits per heavy atom. The Morgan fingerprint density at radius 1 is 1.41 bits per heavy atom. The Balaban J connectivity index is 2.40. The molecule has 17 heavy (non-hydrogen) atoms. The molecule has 1 heterocycles. The van der Waals surface area contributed by atoms with Crippen molar-refractivity contribution in [1.82, 2.24) is 10.2 Å². The molecule has 0 spiro atoms. The zero-order valence-corrected chi connectivity index (χ0v) is 10.1. The molecule has 6 nitrogen and oxygen atoms in total. The van der Waals surface area contributed by atoms with Gasteiger partial charge in [-0.25, -0.2) is 4.79 Å². The molecule has 6 heteroatoms. The summed E-state index contributed by atoms with van der Waals surface area (Å²) < 4.78 is 9.73. The highest BCUT2D eigenvalue weighted by atomic mass is 16.5.